The predicted molar refractivity (Wildman–Crippen MR) is 77.4 cm³/mol. The number of aromatic nitrogens is 1. The van der Waals surface area contributed by atoms with Gasteiger partial charge in [-0.1, -0.05) is 20.3 Å². The molecule has 4 nitrogen and oxygen atoms in total. The third-order valence-corrected chi connectivity index (χ3v) is 3.61. The Hall–Kier alpha value is -1.58. The van der Waals surface area contributed by atoms with Gasteiger partial charge >= 0.3 is 0 Å². The minimum Gasteiger partial charge on any atom is -0.373 e. The van der Waals surface area contributed by atoms with E-state index in [4.69, 9.17) is 0 Å². The largest absolute Gasteiger partial charge is 0.373 e. The fourth-order valence-corrected chi connectivity index (χ4v) is 2.52. The first kappa shape index (κ1) is 13.8. The molecule has 0 saturated heterocycles. The molecule has 0 atom stereocenters. The van der Waals surface area contributed by atoms with Gasteiger partial charge in [-0.25, -0.2) is 4.98 Å². The molecule has 19 heavy (non-hydrogen) atoms. The summed E-state index contributed by atoms with van der Waals surface area (Å²) in [5.74, 6) is 1.53. The van der Waals surface area contributed by atoms with E-state index >= 15 is 0 Å². The third kappa shape index (κ3) is 3.46. The van der Waals surface area contributed by atoms with E-state index < -0.39 is 0 Å². The maximum absolute atomic E-state index is 12.2. The first-order valence-corrected chi connectivity index (χ1v) is 7.12. The number of carbonyl (C=O) groups is 1. The highest BCUT2D eigenvalue weighted by atomic mass is 16.1. The highest BCUT2D eigenvalue weighted by Crippen LogP contribution is 2.26. The molecule has 2 N–H and O–H groups in total. The lowest BCUT2D eigenvalue weighted by atomic mass is 9.82. The van der Waals surface area contributed by atoms with Crippen LogP contribution in [0.4, 0.5) is 5.82 Å². The Bertz CT molecular complexity index is 453. The van der Waals surface area contributed by atoms with Crippen molar-refractivity contribution in [3.05, 3.63) is 23.4 Å². The summed E-state index contributed by atoms with van der Waals surface area (Å²) >= 11 is 0. The van der Waals surface area contributed by atoms with Gasteiger partial charge in [-0.3, -0.25) is 4.79 Å². The number of nitrogens with zero attached hydrogens (tertiary/aromatic N) is 1. The summed E-state index contributed by atoms with van der Waals surface area (Å²) in [6.45, 7) is 4.33. The van der Waals surface area contributed by atoms with Crippen molar-refractivity contribution in [1.82, 2.24) is 10.3 Å². The van der Waals surface area contributed by atoms with Gasteiger partial charge in [0.1, 0.15) is 5.82 Å². The highest BCUT2D eigenvalue weighted by Gasteiger charge is 2.27. The number of carbonyl (C=O) groups excluding carboxylic acids is 1. The first-order valence-electron chi connectivity index (χ1n) is 7.12. The zero-order chi connectivity index (χ0) is 13.8. The van der Waals surface area contributed by atoms with E-state index in [0.717, 1.165) is 43.1 Å². The van der Waals surface area contributed by atoms with Gasteiger partial charge in [-0.15, -0.1) is 0 Å². The molecule has 1 aliphatic rings. The molecule has 0 bridgehead atoms. The van der Waals surface area contributed by atoms with Crippen molar-refractivity contribution >= 4 is 11.7 Å². The monoisotopic (exact) mass is 261 g/mol. The number of rotatable bonds is 5. The zero-order valence-electron chi connectivity index (χ0n) is 12.0. The molecule has 1 aromatic heterocycles. The van der Waals surface area contributed by atoms with Gasteiger partial charge in [0.2, 0.25) is 0 Å². The van der Waals surface area contributed by atoms with Crippen molar-refractivity contribution in [2.75, 3.05) is 12.4 Å². The van der Waals surface area contributed by atoms with Crippen LogP contribution in [0.2, 0.25) is 0 Å². The molecule has 1 amide bonds. The lowest BCUT2D eigenvalue weighted by Crippen LogP contribution is -2.43. The molecule has 2 rings (SSSR count). The van der Waals surface area contributed by atoms with Gasteiger partial charge in [0.05, 0.1) is 0 Å². The smallest absolute Gasteiger partial charge is 0.251 e. The molecule has 1 heterocycles. The van der Waals surface area contributed by atoms with Gasteiger partial charge in [0, 0.05) is 24.3 Å². The standard InChI is InChI=1S/C15H23N3O/c1-4-5-12-8-11(9-14(16-3)17-12)15(19)18-13-6-10(2)7-13/h8-10,13H,4-7H2,1-3H3,(H,16,17)(H,18,19). The van der Waals surface area contributed by atoms with Crippen LogP contribution in [0.3, 0.4) is 0 Å². The number of hydrogen-bond donors (Lipinski definition) is 2. The van der Waals surface area contributed by atoms with Crippen LogP contribution < -0.4 is 10.6 Å². The van der Waals surface area contributed by atoms with Crippen molar-refractivity contribution in [2.24, 2.45) is 5.92 Å². The SMILES string of the molecule is CCCc1cc(C(=O)NC2CC(C)C2)cc(NC)n1. The molecular formula is C15H23N3O. The Kier molecular flexibility index (Phi) is 4.40. The number of aryl methyl sites for hydroxylation is 1. The van der Waals surface area contributed by atoms with E-state index in [1.807, 2.05) is 19.2 Å². The molecule has 1 saturated carbocycles. The van der Waals surface area contributed by atoms with Crippen molar-refractivity contribution < 1.29 is 4.79 Å². The van der Waals surface area contributed by atoms with Crippen LogP contribution in [0.25, 0.3) is 0 Å². The Morgan fingerprint density at radius 3 is 2.74 bits per heavy atom. The topological polar surface area (TPSA) is 54.0 Å². The summed E-state index contributed by atoms with van der Waals surface area (Å²) in [5, 5.41) is 6.11. The Balaban J connectivity index is 2.08. The van der Waals surface area contributed by atoms with Crippen molar-refractivity contribution in [3.63, 3.8) is 0 Å². The Morgan fingerprint density at radius 1 is 1.42 bits per heavy atom. The van der Waals surface area contributed by atoms with Gasteiger partial charge in [-0.05, 0) is 37.3 Å². The summed E-state index contributed by atoms with van der Waals surface area (Å²) < 4.78 is 0. The summed E-state index contributed by atoms with van der Waals surface area (Å²) in [5.41, 5.74) is 1.68. The average molecular weight is 261 g/mol. The summed E-state index contributed by atoms with van der Waals surface area (Å²) in [6, 6.07) is 4.07. The summed E-state index contributed by atoms with van der Waals surface area (Å²) in [4.78, 5) is 16.7. The number of anilines is 1. The molecule has 0 radical (unpaired) electrons. The molecule has 1 aliphatic carbocycles. The molecular weight excluding hydrogens is 238 g/mol. The van der Waals surface area contributed by atoms with Crippen LogP contribution in [0.1, 0.15) is 49.2 Å². The molecule has 1 aromatic rings. The molecule has 0 aromatic carbocycles. The van der Waals surface area contributed by atoms with E-state index in [2.05, 4.69) is 29.5 Å². The second-order valence-electron chi connectivity index (χ2n) is 5.48. The molecule has 4 heteroatoms. The number of nitrogens with one attached hydrogen (secondary N) is 2. The zero-order valence-corrected chi connectivity index (χ0v) is 12.0. The van der Waals surface area contributed by atoms with Crippen LogP contribution in [0, 0.1) is 5.92 Å². The van der Waals surface area contributed by atoms with Crippen LogP contribution in [-0.4, -0.2) is 24.0 Å². The van der Waals surface area contributed by atoms with Gasteiger partial charge in [0.25, 0.3) is 5.91 Å². The van der Waals surface area contributed by atoms with Crippen LogP contribution in [0.15, 0.2) is 12.1 Å². The summed E-state index contributed by atoms with van der Waals surface area (Å²) in [6.07, 6.45) is 4.12. The van der Waals surface area contributed by atoms with E-state index in [1.165, 1.54) is 0 Å². The summed E-state index contributed by atoms with van der Waals surface area (Å²) in [7, 11) is 1.83. The second kappa shape index (κ2) is 6.04. The first-order chi connectivity index (χ1) is 9.12. The highest BCUT2D eigenvalue weighted by molar-refractivity contribution is 5.95. The average Bonchev–Trinajstić information content (AvgIpc) is 2.36. The number of hydrogen-bond acceptors (Lipinski definition) is 3. The lowest BCUT2D eigenvalue weighted by Gasteiger charge is -2.33. The van der Waals surface area contributed by atoms with Crippen LogP contribution >= 0.6 is 0 Å². The van der Waals surface area contributed by atoms with Gasteiger partial charge in [0.15, 0.2) is 0 Å². The molecule has 0 aliphatic heterocycles. The minimum absolute atomic E-state index is 0.0214. The quantitative estimate of drug-likeness (QED) is 0.856. The maximum atomic E-state index is 12.2. The van der Waals surface area contributed by atoms with Crippen LogP contribution in [-0.2, 0) is 6.42 Å². The number of amides is 1. The van der Waals surface area contributed by atoms with E-state index in [-0.39, 0.29) is 5.91 Å². The van der Waals surface area contributed by atoms with Crippen molar-refractivity contribution in [3.8, 4) is 0 Å². The Labute approximate surface area is 115 Å². The van der Waals surface area contributed by atoms with Crippen molar-refractivity contribution in [2.45, 2.75) is 45.6 Å². The molecule has 104 valence electrons. The molecule has 0 spiro atoms. The minimum atomic E-state index is 0.0214. The second-order valence-corrected chi connectivity index (χ2v) is 5.48. The normalized spacial score (nSPS) is 21.6. The lowest BCUT2D eigenvalue weighted by molar-refractivity contribution is 0.0896. The van der Waals surface area contributed by atoms with E-state index in [1.54, 1.807) is 0 Å². The fourth-order valence-electron chi connectivity index (χ4n) is 2.52. The van der Waals surface area contributed by atoms with Crippen LogP contribution in [0.5, 0.6) is 0 Å². The van der Waals surface area contributed by atoms with Crippen molar-refractivity contribution in [1.29, 1.82) is 0 Å². The molecule has 0 unspecified atom stereocenters. The van der Waals surface area contributed by atoms with Gasteiger partial charge < -0.3 is 10.6 Å². The predicted octanol–water partition coefficient (Wildman–Crippen LogP) is 2.60. The Morgan fingerprint density at radius 2 is 2.16 bits per heavy atom. The fraction of sp³-hybridized carbons (Fsp3) is 0.600. The number of pyridine rings is 1. The molecule has 1 fully saturated rings. The maximum Gasteiger partial charge on any atom is 0.251 e. The van der Waals surface area contributed by atoms with Gasteiger partial charge in [-0.2, -0.15) is 0 Å². The third-order valence-electron chi connectivity index (χ3n) is 3.61. The van der Waals surface area contributed by atoms with E-state index in [0.29, 0.717) is 11.6 Å². The van der Waals surface area contributed by atoms with E-state index in [9.17, 15) is 4.79 Å².